The van der Waals surface area contributed by atoms with Crippen molar-refractivity contribution in [3.05, 3.63) is 335 Å². The lowest BCUT2D eigenvalue weighted by Crippen LogP contribution is -2.09. The second-order valence-electron chi connectivity index (χ2n) is 31.3. The fourth-order valence-electron chi connectivity index (χ4n) is 14.7. The fraction of sp³-hybridized carbons (Fsp3) is 0.172. The van der Waals surface area contributed by atoms with Gasteiger partial charge < -0.3 is 55.0 Å². The molecule has 0 aliphatic rings. The van der Waals surface area contributed by atoms with Gasteiger partial charge in [-0.25, -0.2) is 44.7 Å². The van der Waals surface area contributed by atoms with Gasteiger partial charge in [0.1, 0.15) is 86.3 Å². The number of aryl methyl sites for hydroxylation is 6. The number of alkyl halides is 17. The van der Waals surface area contributed by atoms with Gasteiger partial charge in [0.15, 0.2) is 11.4 Å². The van der Waals surface area contributed by atoms with Crippen molar-refractivity contribution >= 4 is 74.8 Å². The summed E-state index contributed by atoms with van der Waals surface area (Å²) in [5.41, 5.74) is 7.81. The van der Waals surface area contributed by atoms with Crippen LogP contribution in [0.4, 0.5) is 132 Å². The van der Waals surface area contributed by atoms with Gasteiger partial charge in [0, 0.05) is 96.4 Å². The molecule has 0 bridgehead atoms. The maximum atomic E-state index is 13.7. The minimum atomic E-state index is -4.71. The highest BCUT2D eigenvalue weighted by Gasteiger charge is 2.40. The first-order valence-electron chi connectivity index (χ1n) is 42.9. The molecule has 28 nitrogen and oxygen atoms in total. The van der Waals surface area contributed by atoms with Crippen LogP contribution in [0.5, 0.6) is 17.2 Å². The number of aromatic nitrogens is 17. The molecule has 0 unspecified atom stereocenters. The van der Waals surface area contributed by atoms with Gasteiger partial charge in [0.2, 0.25) is 0 Å². The molecule has 18 rings (SSSR count). The molecular weight excluding hydrogens is 1920 g/mol. The molecule has 18 aromatic rings. The Kier molecular flexibility index (Phi) is 31.0. The molecule has 6 aromatic carbocycles. The second kappa shape index (κ2) is 43.5. The van der Waals surface area contributed by atoms with Crippen LogP contribution in [0.25, 0.3) is 68.0 Å². The summed E-state index contributed by atoms with van der Waals surface area (Å²) in [7, 11) is 4.66. The molecule has 0 atom stereocenters. The molecule has 12 heterocycles. The van der Waals surface area contributed by atoms with Crippen LogP contribution >= 0.6 is 0 Å². The first-order valence-corrected chi connectivity index (χ1v) is 42.9. The number of anilines is 10. The Morgan fingerprint density at radius 3 is 1.20 bits per heavy atom. The van der Waals surface area contributed by atoms with E-state index in [2.05, 4.69) is 115 Å². The summed E-state index contributed by atoms with van der Waals surface area (Å²) in [5, 5.41) is 32.6. The Balaban J connectivity index is 0.000000143. The van der Waals surface area contributed by atoms with Crippen LogP contribution in [0.2, 0.25) is 0 Å². The number of nitrogens with zero attached hydrogens (tertiary/aromatic N) is 17. The van der Waals surface area contributed by atoms with E-state index in [9.17, 15) is 84.5 Å². The molecule has 0 spiro atoms. The second-order valence-corrected chi connectivity index (χ2v) is 31.3. The van der Waals surface area contributed by atoms with E-state index < -0.39 is 71.4 Å². The normalized spacial score (nSPS) is 11.6. The number of halogens is 17. The molecule has 0 saturated carbocycles. The Labute approximate surface area is 806 Å². The SMILES string of the molecule is CCc1nc(C)c(-c2cncc(Nc3ccc(C(F)(F)F)cc3)n2)n1Cc1ccccc1.COc1cc(Nc2ccc(C(F)(F)F)cc2)nc(-c2c(C(=O)O)nc3ccccn23)c1.COc1cc(Nc2ccc(OC(F)F)cc2)nc(-c2c(C(F)(F)F)nc3ccccn23)c1.Cc1nn(C)c(C)c1-c1cncc(Nc2ccc(C(F)(F)F)cc2)n1.Cc1noc(C)c1-c1cncc(Nc2ccc(C(F)(F)F)cc2)n1. The molecule has 6 N–H and O–H groups in total. The van der Waals surface area contributed by atoms with Gasteiger partial charge in [-0.2, -0.15) is 79.7 Å². The van der Waals surface area contributed by atoms with Gasteiger partial charge >= 0.3 is 43.5 Å². The molecule has 742 valence electrons. The zero-order valence-corrected chi connectivity index (χ0v) is 76.8. The Morgan fingerprint density at radius 1 is 0.410 bits per heavy atom. The topological polar surface area (TPSA) is 325 Å². The first kappa shape index (κ1) is 102. The summed E-state index contributed by atoms with van der Waals surface area (Å²) in [6.07, 6.45) is -8.92. The summed E-state index contributed by atoms with van der Waals surface area (Å²) in [6.45, 7) is 9.08. The van der Waals surface area contributed by atoms with Gasteiger partial charge in [0.05, 0.1) is 125 Å². The zero-order valence-electron chi connectivity index (χ0n) is 76.8. The third-order valence-electron chi connectivity index (χ3n) is 21.3. The summed E-state index contributed by atoms with van der Waals surface area (Å²) in [5.74, 6) is 2.68. The van der Waals surface area contributed by atoms with Crippen LogP contribution in [-0.4, -0.2) is 115 Å². The zero-order chi connectivity index (χ0) is 103. The number of imidazole rings is 3. The van der Waals surface area contributed by atoms with Crippen LogP contribution < -0.4 is 40.8 Å². The summed E-state index contributed by atoms with van der Waals surface area (Å²) < 4.78 is 245. The number of hydrogen-bond acceptors (Lipinski definition) is 23. The minimum Gasteiger partial charge on any atom is -0.497 e. The van der Waals surface area contributed by atoms with Gasteiger partial charge in [-0.3, -0.25) is 28.4 Å². The van der Waals surface area contributed by atoms with Crippen molar-refractivity contribution in [2.24, 2.45) is 7.05 Å². The lowest BCUT2D eigenvalue weighted by molar-refractivity contribution is -0.140. The van der Waals surface area contributed by atoms with Crippen molar-refractivity contribution in [3.8, 4) is 73.9 Å². The maximum Gasteiger partial charge on any atom is 0.435 e. The van der Waals surface area contributed by atoms with Crippen molar-refractivity contribution in [1.82, 2.24) is 83.1 Å². The van der Waals surface area contributed by atoms with Gasteiger partial charge in [-0.05, 0) is 186 Å². The number of ether oxygens (including phenoxy) is 3. The summed E-state index contributed by atoms with van der Waals surface area (Å²) in [6, 6.07) is 50.1. The van der Waals surface area contributed by atoms with Crippen LogP contribution in [0.3, 0.4) is 0 Å². The Morgan fingerprint density at radius 2 is 0.806 bits per heavy atom. The number of hydrogen-bond donors (Lipinski definition) is 6. The van der Waals surface area contributed by atoms with Gasteiger partial charge in [-0.1, -0.05) is 54.5 Å². The molecule has 0 saturated heterocycles. The average Bonchev–Trinajstić information content (AvgIpc) is 1.60. The molecular formula is C99H81F17N22O6. The summed E-state index contributed by atoms with van der Waals surface area (Å²) >= 11 is 0. The number of aromatic carboxylic acids is 1. The van der Waals surface area contributed by atoms with E-state index in [1.54, 1.807) is 90.2 Å². The quantitative estimate of drug-likeness (QED) is 0.0324. The van der Waals surface area contributed by atoms with E-state index in [0.29, 0.717) is 92.4 Å². The number of benzene rings is 6. The first-order chi connectivity index (χ1) is 68.4. The standard InChI is InChI=1S/C24H22F3N5.C21H15F5N4O2.C21H15F3N4O3.C17H16F3N5.C16H13F3N4O/c1-3-22-29-16(2)23(32(22)15-17-7-5-4-6-8-17)20-13-28-14-21(31-20)30-19-11-9-18(10-12-19)24(25,26)27;1-31-14-10-15(18-19(21(24,25)26)29-17-4-2-3-9-30(17)18)28-16(11-14)27-12-5-7-13(8-6-12)32-20(22)23;1-31-14-10-15(19-18(20(29)30)27-17-4-2-3-9-28(17)19)26-16(11-14)25-13-7-5-12(6-8-13)21(22,23)24;1-10-16(11(2)25(3)24-10)14-8-21-9-15(23-14)22-13-6-4-12(5-7-13)17(18,19)20;1-9-15(10(2)24-23-9)13-7-20-8-14(22-13)21-12-5-3-11(4-6-12)16(17,18)19/h4-14H,3,15H2,1-2H3,(H,30,31);2-11,20H,1H3,(H,27,28);2-11H,1H3,(H,25,26)(H,29,30);4-9H,1-3H3,(H,22,23);3-8H,1-2H3,(H,21,22). The van der Waals surface area contributed by atoms with Crippen LogP contribution in [0, 0.1) is 34.6 Å². The lowest BCUT2D eigenvalue weighted by Gasteiger charge is -2.13. The predicted octanol–water partition coefficient (Wildman–Crippen LogP) is 25.4. The highest BCUT2D eigenvalue weighted by molar-refractivity contribution is 5.94. The maximum absolute atomic E-state index is 13.7. The van der Waals surface area contributed by atoms with E-state index in [0.717, 1.165) is 100 Å². The van der Waals surface area contributed by atoms with E-state index in [1.165, 1.54) is 134 Å². The van der Waals surface area contributed by atoms with Crippen LogP contribution in [-0.2, 0) is 50.9 Å². The van der Waals surface area contributed by atoms with E-state index in [1.807, 2.05) is 46.0 Å². The Bertz CT molecular complexity index is 7490. The molecule has 0 aliphatic carbocycles. The van der Waals surface area contributed by atoms with Crippen molar-refractivity contribution in [3.63, 3.8) is 0 Å². The number of rotatable bonds is 23. The summed E-state index contributed by atoms with van der Waals surface area (Å²) in [4.78, 5) is 59.2. The monoisotopic (exact) mass is 2000 g/mol. The average molecular weight is 2000 g/mol. The molecule has 0 fully saturated rings. The molecule has 0 amide bonds. The number of carboxylic acids is 1. The molecule has 45 heteroatoms. The number of nitrogens with one attached hydrogen (secondary N) is 5. The van der Waals surface area contributed by atoms with Crippen molar-refractivity contribution in [1.29, 1.82) is 0 Å². The number of carbonyl (C=O) groups is 1. The molecule has 12 aromatic heterocycles. The van der Waals surface area contributed by atoms with Crippen LogP contribution in [0.15, 0.2) is 266 Å². The number of methoxy groups -OCH3 is 2. The third-order valence-corrected chi connectivity index (χ3v) is 21.3. The molecule has 144 heavy (non-hydrogen) atoms. The minimum absolute atomic E-state index is 0.0180. The number of fused-ring (bicyclic) bond motifs is 2. The third kappa shape index (κ3) is 25.4. The van der Waals surface area contributed by atoms with Crippen LogP contribution in [0.1, 0.15) is 85.3 Å². The van der Waals surface area contributed by atoms with Crippen molar-refractivity contribution < 1.29 is 103 Å². The number of carboxylic acid groups (broad SMARTS) is 1. The van der Waals surface area contributed by atoms with Gasteiger partial charge in [-0.15, -0.1) is 0 Å². The van der Waals surface area contributed by atoms with E-state index in [-0.39, 0.29) is 57.3 Å². The highest BCUT2D eigenvalue weighted by Crippen LogP contribution is 2.42. The van der Waals surface area contributed by atoms with E-state index >= 15 is 0 Å². The van der Waals surface area contributed by atoms with Gasteiger partial charge in [0.25, 0.3) is 0 Å². The fourth-order valence-corrected chi connectivity index (χ4v) is 14.7. The van der Waals surface area contributed by atoms with E-state index in [4.69, 9.17) is 19.0 Å². The molecule has 0 radical (unpaired) electrons. The smallest absolute Gasteiger partial charge is 0.435 e. The lowest BCUT2D eigenvalue weighted by atomic mass is 10.1. The largest absolute Gasteiger partial charge is 0.497 e. The number of pyridine rings is 4. The van der Waals surface area contributed by atoms with Crippen molar-refractivity contribution in [2.75, 3.05) is 40.8 Å². The highest BCUT2D eigenvalue weighted by atomic mass is 19.4. The van der Waals surface area contributed by atoms with Crippen molar-refractivity contribution in [2.45, 2.75) is 92.0 Å². The Hall–Kier alpha value is -17.5. The molecule has 0 aliphatic heterocycles. The predicted molar refractivity (Wildman–Crippen MR) is 501 cm³/mol.